The highest BCUT2D eigenvalue weighted by molar-refractivity contribution is 6.45. The number of hydrogen-bond donors (Lipinski definition) is 0. The van der Waals surface area contributed by atoms with Crippen molar-refractivity contribution in [1.29, 1.82) is 0 Å². The second-order valence-corrected chi connectivity index (χ2v) is 8.42. The van der Waals surface area contributed by atoms with Gasteiger partial charge in [0, 0.05) is 38.4 Å². The lowest BCUT2D eigenvalue weighted by Crippen LogP contribution is -2.45. The highest BCUT2D eigenvalue weighted by atomic mass is 16.5. The molecule has 1 saturated heterocycles. The number of allylic oxidation sites excluding steroid dienone is 2. The van der Waals surface area contributed by atoms with Crippen molar-refractivity contribution < 1.29 is 14.3 Å². The van der Waals surface area contributed by atoms with Gasteiger partial charge in [-0.05, 0) is 30.5 Å². The van der Waals surface area contributed by atoms with E-state index >= 15 is 0 Å². The molecular weight excluding hydrogens is 392 g/mol. The fourth-order valence-corrected chi connectivity index (χ4v) is 5.01. The zero-order valence-corrected chi connectivity index (χ0v) is 18.1. The third kappa shape index (κ3) is 3.88. The number of amides is 1. The summed E-state index contributed by atoms with van der Waals surface area (Å²) in [5.74, 6) is 0.782. The Morgan fingerprint density at radius 3 is 2.87 bits per heavy atom. The fourth-order valence-electron chi connectivity index (χ4n) is 5.01. The first-order chi connectivity index (χ1) is 15.3. The quantitative estimate of drug-likeness (QED) is 0.727. The zero-order chi connectivity index (χ0) is 21.2. The Morgan fingerprint density at radius 2 is 2.03 bits per heavy atom. The lowest BCUT2D eigenvalue weighted by Gasteiger charge is -2.33. The number of morpholine rings is 1. The summed E-state index contributed by atoms with van der Waals surface area (Å²) in [7, 11) is 1.70. The van der Waals surface area contributed by atoms with Gasteiger partial charge >= 0.3 is 0 Å². The van der Waals surface area contributed by atoms with Gasteiger partial charge in [-0.25, -0.2) is 0 Å². The molecule has 0 aromatic heterocycles. The van der Waals surface area contributed by atoms with Crippen LogP contribution in [0.4, 0.5) is 5.69 Å². The Morgan fingerprint density at radius 1 is 1.19 bits per heavy atom. The Bertz CT molecular complexity index is 919. The van der Waals surface area contributed by atoms with E-state index in [1.54, 1.807) is 7.11 Å². The van der Waals surface area contributed by atoms with Gasteiger partial charge in [0.2, 0.25) is 0 Å². The maximum Gasteiger partial charge on any atom is 0.275 e. The number of aryl methyl sites for hydroxylation is 1. The normalized spacial score (nSPS) is 25.6. The highest BCUT2D eigenvalue weighted by Crippen LogP contribution is 2.34. The van der Waals surface area contributed by atoms with E-state index in [1.807, 2.05) is 35.3 Å². The Balaban J connectivity index is 1.40. The minimum atomic E-state index is -0.0915. The SMILES string of the molecule is COC1=CC=CC2C(C(=O)N3CCCc4ccccc43)=NN(CCN3CCOCC3)C12. The molecule has 1 aliphatic carbocycles. The molecule has 1 fully saturated rings. The molecule has 0 N–H and O–H groups in total. The summed E-state index contributed by atoms with van der Waals surface area (Å²) < 4.78 is 11.2. The van der Waals surface area contributed by atoms with Gasteiger partial charge in [-0.3, -0.25) is 14.7 Å². The number of ether oxygens (including phenoxy) is 2. The minimum Gasteiger partial charge on any atom is -0.499 e. The van der Waals surface area contributed by atoms with E-state index in [9.17, 15) is 4.79 Å². The first-order valence-corrected chi connectivity index (χ1v) is 11.2. The van der Waals surface area contributed by atoms with Crippen molar-refractivity contribution in [1.82, 2.24) is 9.91 Å². The number of hydrogen-bond acceptors (Lipinski definition) is 6. The molecule has 1 aromatic rings. The molecule has 31 heavy (non-hydrogen) atoms. The summed E-state index contributed by atoms with van der Waals surface area (Å²) in [6.07, 6.45) is 8.06. The predicted molar refractivity (Wildman–Crippen MR) is 120 cm³/mol. The van der Waals surface area contributed by atoms with Crippen LogP contribution in [0.25, 0.3) is 0 Å². The van der Waals surface area contributed by atoms with Gasteiger partial charge in [-0.2, -0.15) is 5.10 Å². The molecule has 1 amide bonds. The summed E-state index contributed by atoms with van der Waals surface area (Å²) in [6.45, 7) is 5.81. The van der Waals surface area contributed by atoms with Crippen LogP contribution in [0, 0.1) is 5.92 Å². The van der Waals surface area contributed by atoms with Crippen LogP contribution in [0.5, 0.6) is 0 Å². The molecule has 2 atom stereocenters. The molecule has 3 aliphatic heterocycles. The van der Waals surface area contributed by atoms with Crippen LogP contribution < -0.4 is 4.90 Å². The van der Waals surface area contributed by atoms with Gasteiger partial charge in [0.25, 0.3) is 5.91 Å². The molecule has 0 spiro atoms. The monoisotopic (exact) mass is 422 g/mol. The first-order valence-electron chi connectivity index (χ1n) is 11.2. The average Bonchev–Trinajstić information content (AvgIpc) is 3.21. The Labute approximate surface area is 183 Å². The van der Waals surface area contributed by atoms with Crippen molar-refractivity contribution in [2.75, 3.05) is 57.9 Å². The maximum absolute atomic E-state index is 13.7. The lowest BCUT2D eigenvalue weighted by atomic mass is 9.89. The van der Waals surface area contributed by atoms with E-state index in [-0.39, 0.29) is 17.9 Å². The number of carbonyl (C=O) groups is 1. The second kappa shape index (κ2) is 8.85. The molecule has 5 rings (SSSR count). The lowest BCUT2D eigenvalue weighted by molar-refractivity contribution is -0.112. The van der Waals surface area contributed by atoms with Crippen molar-refractivity contribution in [3.05, 3.63) is 53.8 Å². The van der Waals surface area contributed by atoms with Crippen LogP contribution in [0.3, 0.4) is 0 Å². The van der Waals surface area contributed by atoms with Crippen molar-refractivity contribution in [3.8, 4) is 0 Å². The summed E-state index contributed by atoms with van der Waals surface area (Å²) in [4.78, 5) is 18.0. The molecular formula is C24H30N4O3. The van der Waals surface area contributed by atoms with E-state index in [0.29, 0.717) is 5.71 Å². The molecule has 0 saturated carbocycles. The first kappa shape index (κ1) is 20.3. The summed E-state index contributed by atoms with van der Waals surface area (Å²) in [6, 6.07) is 8.16. The van der Waals surface area contributed by atoms with Crippen molar-refractivity contribution in [2.45, 2.75) is 18.9 Å². The topological polar surface area (TPSA) is 57.6 Å². The van der Waals surface area contributed by atoms with Crippen LogP contribution >= 0.6 is 0 Å². The molecule has 1 aromatic carbocycles. The third-order valence-electron chi connectivity index (χ3n) is 6.64. The van der Waals surface area contributed by atoms with Crippen molar-refractivity contribution in [2.24, 2.45) is 11.0 Å². The number of carbonyl (C=O) groups excluding carboxylic acids is 1. The Kier molecular flexibility index (Phi) is 5.78. The number of methoxy groups -OCH3 is 1. The number of hydrazone groups is 1. The van der Waals surface area contributed by atoms with Crippen LogP contribution in [0.15, 0.2) is 53.4 Å². The number of anilines is 1. The molecule has 2 unspecified atom stereocenters. The van der Waals surface area contributed by atoms with Crippen LogP contribution in [-0.4, -0.2) is 80.6 Å². The molecule has 7 nitrogen and oxygen atoms in total. The molecule has 0 bridgehead atoms. The number of para-hydroxylation sites is 1. The van der Waals surface area contributed by atoms with Gasteiger partial charge < -0.3 is 14.4 Å². The number of fused-ring (bicyclic) bond motifs is 2. The summed E-state index contributed by atoms with van der Waals surface area (Å²) in [5.41, 5.74) is 2.87. The number of rotatable bonds is 5. The van der Waals surface area contributed by atoms with E-state index < -0.39 is 0 Å². The molecule has 4 aliphatic rings. The van der Waals surface area contributed by atoms with Crippen LogP contribution in [0.1, 0.15) is 12.0 Å². The van der Waals surface area contributed by atoms with E-state index in [1.165, 1.54) is 5.56 Å². The average molecular weight is 423 g/mol. The summed E-state index contributed by atoms with van der Waals surface area (Å²) >= 11 is 0. The number of benzene rings is 1. The molecule has 164 valence electrons. The van der Waals surface area contributed by atoms with Gasteiger partial charge in [-0.15, -0.1) is 0 Å². The van der Waals surface area contributed by atoms with E-state index in [0.717, 1.165) is 70.2 Å². The Hall–Kier alpha value is -2.64. The van der Waals surface area contributed by atoms with Gasteiger partial charge in [0.05, 0.1) is 26.2 Å². The standard InChI is InChI=1S/C24H30N4O3/c1-30-21-10-4-8-19-22(24(29)27-11-5-7-18-6-2-3-9-20(18)27)25-28(23(19)21)13-12-26-14-16-31-17-15-26/h2-4,6,8-10,19,23H,5,7,11-17H2,1H3. The van der Waals surface area contributed by atoms with E-state index in [4.69, 9.17) is 14.6 Å². The third-order valence-corrected chi connectivity index (χ3v) is 6.64. The van der Waals surface area contributed by atoms with Gasteiger partial charge in [0.15, 0.2) is 0 Å². The van der Waals surface area contributed by atoms with Crippen molar-refractivity contribution in [3.63, 3.8) is 0 Å². The van der Waals surface area contributed by atoms with E-state index in [2.05, 4.69) is 22.1 Å². The zero-order valence-electron chi connectivity index (χ0n) is 18.1. The van der Waals surface area contributed by atoms with Crippen molar-refractivity contribution >= 4 is 17.3 Å². The van der Waals surface area contributed by atoms with Crippen LogP contribution in [0.2, 0.25) is 0 Å². The largest absolute Gasteiger partial charge is 0.499 e. The van der Waals surface area contributed by atoms with Gasteiger partial charge in [0.1, 0.15) is 17.5 Å². The van der Waals surface area contributed by atoms with Gasteiger partial charge in [-0.1, -0.05) is 30.4 Å². The summed E-state index contributed by atoms with van der Waals surface area (Å²) in [5, 5.41) is 6.95. The second-order valence-electron chi connectivity index (χ2n) is 8.42. The predicted octanol–water partition coefficient (Wildman–Crippen LogP) is 2.05. The highest BCUT2D eigenvalue weighted by Gasteiger charge is 2.44. The maximum atomic E-state index is 13.7. The molecule has 3 heterocycles. The minimum absolute atomic E-state index is 0.0121. The smallest absolute Gasteiger partial charge is 0.275 e. The van der Waals surface area contributed by atoms with Crippen LogP contribution in [-0.2, 0) is 20.7 Å². The molecule has 7 heteroatoms. The fraction of sp³-hybridized carbons (Fsp3) is 0.500. The molecule has 0 radical (unpaired) electrons. The number of nitrogens with zero attached hydrogens (tertiary/aromatic N) is 4.